The largest absolute Gasteiger partial charge is 0.433 e. The third-order valence-electron chi connectivity index (χ3n) is 1.20. The molecule has 14 heavy (non-hydrogen) atoms. The molecule has 1 N–H and O–H groups in total. The maximum absolute atomic E-state index is 11.3. The number of carbonyl (C=O) groups excluding carboxylic acids is 2. The molecule has 0 bridgehead atoms. The summed E-state index contributed by atoms with van der Waals surface area (Å²) in [4.78, 5) is 27.7. The zero-order chi connectivity index (χ0) is 11.1. The highest BCUT2D eigenvalue weighted by Crippen LogP contribution is 2.01. The average Bonchev–Trinajstić information content (AvgIpc) is 2.17. The zero-order valence-corrected chi connectivity index (χ0v) is 9.34. The van der Waals surface area contributed by atoms with Crippen molar-refractivity contribution in [2.45, 2.75) is 0 Å². The van der Waals surface area contributed by atoms with Crippen molar-refractivity contribution in [1.29, 1.82) is 0 Å². The molecule has 0 aromatic carbocycles. The van der Waals surface area contributed by atoms with Gasteiger partial charge in [0.05, 0.1) is 0 Å². The molecule has 0 aliphatic heterocycles. The lowest BCUT2D eigenvalue weighted by Crippen LogP contribution is -2.28. The second-order valence-corrected chi connectivity index (χ2v) is 3.22. The fourth-order valence-corrected chi connectivity index (χ4v) is 0.952. The monoisotopic (exact) mass is 219 g/mol. The summed E-state index contributed by atoms with van der Waals surface area (Å²) >= 11 is 1.11. The number of hydrogen-bond donors (Lipinski definition) is 1. The summed E-state index contributed by atoms with van der Waals surface area (Å²) in [7, 11) is 4.59. The Kier molecular flexibility index (Phi) is 5.70. The van der Waals surface area contributed by atoms with E-state index in [9.17, 15) is 9.59 Å². The van der Waals surface area contributed by atoms with Gasteiger partial charge in [0.2, 0.25) is 5.04 Å². The summed E-state index contributed by atoms with van der Waals surface area (Å²) in [6.07, 6.45) is 0.969. The van der Waals surface area contributed by atoms with Crippen LogP contribution in [0.2, 0.25) is 0 Å². The molecule has 0 unspecified atom stereocenters. The molecule has 7 heteroatoms. The highest BCUT2D eigenvalue weighted by molar-refractivity contribution is 8.15. The van der Waals surface area contributed by atoms with Crippen molar-refractivity contribution in [3.63, 3.8) is 0 Å². The highest BCUT2D eigenvalue weighted by Gasteiger charge is 2.13. The minimum Gasteiger partial charge on any atom is -0.343 e. The first-order chi connectivity index (χ1) is 6.52. The smallest absolute Gasteiger partial charge is 0.343 e. The van der Waals surface area contributed by atoms with Gasteiger partial charge < -0.3 is 10.2 Å². The molecule has 0 fully saturated rings. The first-order valence-electron chi connectivity index (χ1n) is 3.75. The SMILES string of the molecule is CNC(=O)O/N=C(/SC)C(=O)N(C)C. The molecule has 0 aromatic heterocycles. The molecule has 0 rings (SSSR count). The maximum atomic E-state index is 11.3. The lowest BCUT2D eigenvalue weighted by atomic mass is 10.6. The van der Waals surface area contributed by atoms with Crippen molar-refractivity contribution in [2.75, 3.05) is 27.4 Å². The third-order valence-corrected chi connectivity index (χ3v) is 1.83. The van der Waals surface area contributed by atoms with Crippen LogP contribution < -0.4 is 5.32 Å². The zero-order valence-electron chi connectivity index (χ0n) is 8.53. The Bertz CT molecular complexity index is 253. The van der Waals surface area contributed by atoms with Crippen LogP contribution in [0.1, 0.15) is 0 Å². The van der Waals surface area contributed by atoms with Gasteiger partial charge in [0.15, 0.2) is 0 Å². The molecule has 0 saturated heterocycles. The average molecular weight is 219 g/mol. The molecule has 0 saturated carbocycles. The first kappa shape index (κ1) is 12.8. The molecule has 6 nitrogen and oxygen atoms in total. The van der Waals surface area contributed by atoms with E-state index in [1.165, 1.54) is 11.9 Å². The van der Waals surface area contributed by atoms with Gasteiger partial charge in [-0.05, 0) is 6.26 Å². The van der Waals surface area contributed by atoms with Crippen molar-refractivity contribution in [1.82, 2.24) is 10.2 Å². The molecule has 0 aromatic rings. The van der Waals surface area contributed by atoms with Crippen LogP contribution in [0, 0.1) is 0 Å². The van der Waals surface area contributed by atoms with Crippen LogP contribution in [0.4, 0.5) is 4.79 Å². The standard InChI is InChI=1S/C7H13N3O3S/c1-8-7(12)13-9-5(14-4)6(11)10(2)3/h1-4H3,(H,8,12)/b9-5+. The fraction of sp³-hybridized carbons (Fsp3) is 0.571. The van der Waals surface area contributed by atoms with Crippen LogP contribution in [0.3, 0.4) is 0 Å². The Hall–Kier alpha value is -1.24. The number of nitrogens with one attached hydrogen (secondary N) is 1. The van der Waals surface area contributed by atoms with Crippen LogP contribution in [0.15, 0.2) is 5.16 Å². The van der Waals surface area contributed by atoms with Crippen LogP contribution in [-0.4, -0.2) is 49.3 Å². The topological polar surface area (TPSA) is 71.0 Å². The van der Waals surface area contributed by atoms with Gasteiger partial charge >= 0.3 is 6.09 Å². The van der Waals surface area contributed by atoms with Crippen LogP contribution in [0.25, 0.3) is 0 Å². The van der Waals surface area contributed by atoms with Gasteiger partial charge in [0, 0.05) is 21.1 Å². The molecule has 0 aliphatic rings. The number of hydrogen-bond acceptors (Lipinski definition) is 5. The number of thioether (sulfide) groups is 1. The van der Waals surface area contributed by atoms with Gasteiger partial charge in [-0.1, -0.05) is 5.16 Å². The van der Waals surface area contributed by atoms with Crippen LogP contribution in [-0.2, 0) is 9.63 Å². The molecular weight excluding hydrogens is 206 g/mol. The number of rotatable bonds is 1. The van der Waals surface area contributed by atoms with Gasteiger partial charge in [0.25, 0.3) is 5.91 Å². The van der Waals surface area contributed by atoms with E-state index in [1.54, 1.807) is 20.4 Å². The van der Waals surface area contributed by atoms with Gasteiger partial charge in [0.1, 0.15) is 0 Å². The normalized spacial score (nSPS) is 10.7. The number of amides is 2. The molecule has 80 valence electrons. The maximum Gasteiger partial charge on any atom is 0.433 e. The van der Waals surface area contributed by atoms with Crippen LogP contribution in [0.5, 0.6) is 0 Å². The molecule has 0 spiro atoms. The molecule has 2 amide bonds. The van der Waals surface area contributed by atoms with Crippen molar-refractivity contribution >= 4 is 28.8 Å². The summed E-state index contributed by atoms with van der Waals surface area (Å²) in [5.41, 5.74) is 0. The van der Waals surface area contributed by atoms with Gasteiger partial charge in [-0.15, -0.1) is 11.8 Å². The van der Waals surface area contributed by atoms with E-state index >= 15 is 0 Å². The predicted molar refractivity (Wildman–Crippen MR) is 55.2 cm³/mol. The van der Waals surface area contributed by atoms with E-state index in [2.05, 4.69) is 15.3 Å². The molecule has 0 atom stereocenters. The van der Waals surface area contributed by atoms with E-state index in [0.29, 0.717) is 0 Å². The Morgan fingerprint density at radius 3 is 2.36 bits per heavy atom. The Balaban J connectivity index is 4.40. The predicted octanol–water partition coefficient (Wildman–Crippen LogP) is 0.107. The Morgan fingerprint density at radius 2 is 2.00 bits per heavy atom. The Labute approximate surface area is 86.6 Å². The van der Waals surface area contributed by atoms with Gasteiger partial charge in [-0.2, -0.15) is 0 Å². The third kappa shape index (κ3) is 4.13. The molecular formula is C7H13N3O3S. The lowest BCUT2D eigenvalue weighted by Gasteiger charge is -2.09. The number of carbonyl (C=O) groups is 2. The minimum absolute atomic E-state index is 0.124. The lowest BCUT2D eigenvalue weighted by molar-refractivity contribution is -0.121. The van der Waals surface area contributed by atoms with E-state index in [0.717, 1.165) is 11.8 Å². The van der Waals surface area contributed by atoms with Gasteiger partial charge in [-0.3, -0.25) is 9.63 Å². The summed E-state index contributed by atoms with van der Waals surface area (Å²) in [5.74, 6) is -0.304. The van der Waals surface area contributed by atoms with Crippen LogP contribution >= 0.6 is 11.8 Å². The molecule has 0 radical (unpaired) electrons. The van der Waals surface area contributed by atoms with E-state index < -0.39 is 6.09 Å². The van der Waals surface area contributed by atoms with Crippen molar-refractivity contribution < 1.29 is 14.4 Å². The molecule has 0 heterocycles. The van der Waals surface area contributed by atoms with Crippen molar-refractivity contribution in [3.8, 4) is 0 Å². The number of nitrogens with zero attached hydrogens (tertiary/aromatic N) is 2. The summed E-state index contributed by atoms with van der Waals surface area (Å²) in [6.45, 7) is 0. The highest BCUT2D eigenvalue weighted by atomic mass is 32.2. The van der Waals surface area contributed by atoms with Crippen molar-refractivity contribution in [2.24, 2.45) is 5.16 Å². The van der Waals surface area contributed by atoms with Gasteiger partial charge in [-0.25, -0.2) is 4.79 Å². The van der Waals surface area contributed by atoms with Crippen molar-refractivity contribution in [3.05, 3.63) is 0 Å². The van der Waals surface area contributed by atoms with E-state index in [4.69, 9.17) is 0 Å². The fourth-order valence-electron chi connectivity index (χ4n) is 0.483. The quantitative estimate of drug-likeness (QED) is 0.294. The second kappa shape index (κ2) is 6.25. The van der Waals surface area contributed by atoms with E-state index in [-0.39, 0.29) is 11.0 Å². The Morgan fingerprint density at radius 1 is 1.43 bits per heavy atom. The van der Waals surface area contributed by atoms with E-state index in [1.807, 2.05) is 0 Å². The molecule has 0 aliphatic carbocycles. The first-order valence-corrected chi connectivity index (χ1v) is 4.97. The summed E-state index contributed by atoms with van der Waals surface area (Å²) in [5, 5.41) is 5.74. The summed E-state index contributed by atoms with van der Waals surface area (Å²) in [6, 6.07) is 0. The second-order valence-electron chi connectivity index (χ2n) is 2.43. The summed E-state index contributed by atoms with van der Waals surface area (Å²) < 4.78 is 0. The number of oxime groups is 1. The minimum atomic E-state index is -0.705.